The van der Waals surface area contributed by atoms with Crippen LogP contribution in [-0.2, 0) is 16.1 Å². The van der Waals surface area contributed by atoms with Gasteiger partial charge >= 0.3 is 0 Å². The lowest BCUT2D eigenvalue weighted by atomic mass is 10.2. The zero-order valence-corrected chi connectivity index (χ0v) is 13.6. The van der Waals surface area contributed by atoms with Gasteiger partial charge < -0.3 is 19.7 Å². The molecule has 1 fully saturated rings. The molecule has 1 heterocycles. The highest BCUT2D eigenvalue weighted by Gasteiger charge is 2.17. The number of amides is 2. The van der Waals surface area contributed by atoms with Crippen LogP contribution in [0.25, 0.3) is 0 Å². The van der Waals surface area contributed by atoms with Gasteiger partial charge in [-0.2, -0.15) is 0 Å². The molecule has 2 amide bonds. The Morgan fingerprint density at radius 3 is 2.48 bits per heavy atom. The molecule has 23 heavy (non-hydrogen) atoms. The van der Waals surface area contributed by atoms with Crippen LogP contribution in [0.3, 0.4) is 0 Å². The van der Waals surface area contributed by atoms with Gasteiger partial charge in [0.25, 0.3) is 0 Å². The minimum atomic E-state index is -0.0284. The summed E-state index contributed by atoms with van der Waals surface area (Å²) in [6.07, 6.45) is 0.856. The summed E-state index contributed by atoms with van der Waals surface area (Å²) in [5.41, 5.74) is 0.946. The van der Waals surface area contributed by atoms with E-state index in [0.717, 1.165) is 25.1 Å². The van der Waals surface area contributed by atoms with Crippen LogP contribution in [0.1, 0.15) is 5.56 Å². The molecule has 7 nitrogen and oxygen atoms in total. The third kappa shape index (κ3) is 4.85. The van der Waals surface area contributed by atoms with Crippen LogP contribution >= 0.6 is 0 Å². The molecular weight excluding hydrogens is 298 g/mol. The molecule has 0 aliphatic carbocycles. The number of ether oxygens (including phenoxy) is 2. The molecule has 1 aliphatic heterocycles. The summed E-state index contributed by atoms with van der Waals surface area (Å²) >= 11 is 0. The molecule has 1 aromatic rings. The molecule has 0 unspecified atom stereocenters. The van der Waals surface area contributed by atoms with E-state index in [2.05, 4.69) is 5.32 Å². The Morgan fingerprint density at radius 1 is 1.17 bits per heavy atom. The fourth-order valence-corrected chi connectivity index (χ4v) is 2.48. The first-order valence-corrected chi connectivity index (χ1v) is 7.55. The van der Waals surface area contributed by atoms with Crippen molar-refractivity contribution in [3.8, 4) is 11.5 Å². The smallest absolute Gasteiger partial charge is 0.234 e. The first-order chi connectivity index (χ1) is 11.2. The second kappa shape index (κ2) is 8.38. The normalized spacial score (nSPS) is 15.1. The van der Waals surface area contributed by atoms with E-state index in [4.69, 9.17) is 9.47 Å². The molecule has 1 aromatic carbocycles. The summed E-state index contributed by atoms with van der Waals surface area (Å²) in [5, 5.41) is 2.90. The third-order valence-corrected chi connectivity index (χ3v) is 3.86. The largest absolute Gasteiger partial charge is 0.493 e. The van der Waals surface area contributed by atoms with Gasteiger partial charge in [-0.15, -0.1) is 0 Å². The average molecular weight is 321 g/mol. The highest BCUT2D eigenvalue weighted by Crippen LogP contribution is 2.27. The number of methoxy groups -OCH3 is 2. The van der Waals surface area contributed by atoms with Gasteiger partial charge in [0.15, 0.2) is 11.5 Å². The first-order valence-electron chi connectivity index (χ1n) is 7.55. The standard InChI is InChI=1S/C16H23N3O4/c1-22-14-4-3-13(9-15(14)23-2)10-17-16(21)11-18-5-7-19(12-20)8-6-18/h3-4,9,12H,5-8,10-11H2,1-2H3,(H,17,21). The Hall–Kier alpha value is -2.28. The number of rotatable bonds is 7. The van der Waals surface area contributed by atoms with Crippen LogP contribution in [0.5, 0.6) is 11.5 Å². The number of carbonyl (C=O) groups excluding carboxylic acids is 2. The van der Waals surface area contributed by atoms with Gasteiger partial charge in [0.2, 0.25) is 12.3 Å². The van der Waals surface area contributed by atoms with Crippen molar-refractivity contribution in [2.24, 2.45) is 0 Å². The fourth-order valence-electron chi connectivity index (χ4n) is 2.48. The second-order valence-electron chi connectivity index (χ2n) is 5.38. The van der Waals surface area contributed by atoms with Crippen molar-refractivity contribution in [2.45, 2.75) is 6.54 Å². The zero-order valence-electron chi connectivity index (χ0n) is 13.6. The van der Waals surface area contributed by atoms with Gasteiger partial charge in [-0.05, 0) is 17.7 Å². The molecule has 1 N–H and O–H groups in total. The van der Waals surface area contributed by atoms with Crippen molar-refractivity contribution >= 4 is 12.3 Å². The summed E-state index contributed by atoms with van der Waals surface area (Å²) in [5.74, 6) is 1.28. The first kappa shape index (κ1) is 17.1. The summed E-state index contributed by atoms with van der Waals surface area (Å²) in [7, 11) is 3.17. The van der Waals surface area contributed by atoms with Crippen molar-refractivity contribution < 1.29 is 19.1 Å². The highest BCUT2D eigenvalue weighted by molar-refractivity contribution is 5.78. The molecule has 1 aliphatic rings. The fraction of sp³-hybridized carbons (Fsp3) is 0.500. The van der Waals surface area contributed by atoms with E-state index in [0.29, 0.717) is 37.7 Å². The van der Waals surface area contributed by atoms with E-state index in [1.165, 1.54) is 0 Å². The van der Waals surface area contributed by atoms with E-state index in [-0.39, 0.29) is 5.91 Å². The maximum atomic E-state index is 12.0. The van der Waals surface area contributed by atoms with Gasteiger partial charge in [-0.1, -0.05) is 6.07 Å². The van der Waals surface area contributed by atoms with Gasteiger partial charge in [0.1, 0.15) is 0 Å². The van der Waals surface area contributed by atoms with Gasteiger partial charge in [0.05, 0.1) is 20.8 Å². The Labute approximate surface area is 136 Å². The summed E-state index contributed by atoms with van der Waals surface area (Å²) < 4.78 is 10.4. The van der Waals surface area contributed by atoms with Crippen LogP contribution in [0.4, 0.5) is 0 Å². The minimum absolute atomic E-state index is 0.0284. The second-order valence-corrected chi connectivity index (χ2v) is 5.38. The number of nitrogens with zero attached hydrogens (tertiary/aromatic N) is 2. The lowest BCUT2D eigenvalue weighted by molar-refractivity contribution is -0.123. The van der Waals surface area contributed by atoms with Gasteiger partial charge in [-0.25, -0.2) is 0 Å². The lowest BCUT2D eigenvalue weighted by Crippen LogP contribution is -2.48. The predicted molar refractivity (Wildman–Crippen MR) is 85.5 cm³/mol. The molecule has 0 spiro atoms. The SMILES string of the molecule is COc1ccc(CNC(=O)CN2CCN(C=O)CC2)cc1OC. The van der Waals surface area contributed by atoms with Crippen molar-refractivity contribution in [1.82, 2.24) is 15.1 Å². The number of carbonyl (C=O) groups is 2. The molecule has 0 aromatic heterocycles. The predicted octanol–water partition coefficient (Wildman–Crippen LogP) is 0.0940. The summed E-state index contributed by atoms with van der Waals surface area (Å²) in [4.78, 5) is 26.4. The number of benzene rings is 1. The molecule has 0 radical (unpaired) electrons. The highest BCUT2D eigenvalue weighted by atomic mass is 16.5. The van der Waals surface area contributed by atoms with Gasteiger partial charge in [-0.3, -0.25) is 14.5 Å². The number of nitrogens with one attached hydrogen (secondary N) is 1. The molecule has 2 rings (SSSR count). The van der Waals surface area contributed by atoms with E-state index in [9.17, 15) is 9.59 Å². The van der Waals surface area contributed by atoms with E-state index >= 15 is 0 Å². The van der Waals surface area contributed by atoms with Crippen LogP contribution in [0, 0.1) is 0 Å². The van der Waals surface area contributed by atoms with Crippen LogP contribution < -0.4 is 14.8 Å². The van der Waals surface area contributed by atoms with Crippen LogP contribution in [0.2, 0.25) is 0 Å². The average Bonchev–Trinajstić information content (AvgIpc) is 2.60. The van der Waals surface area contributed by atoms with E-state index in [1.54, 1.807) is 19.1 Å². The summed E-state index contributed by atoms with van der Waals surface area (Å²) in [6, 6.07) is 5.56. The molecular formula is C16H23N3O4. The molecule has 0 bridgehead atoms. The third-order valence-electron chi connectivity index (χ3n) is 3.86. The molecule has 0 atom stereocenters. The summed E-state index contributed by atoms with van der Waals surface area (Å²) in [6.45, 7) is 3.58. The topological polar surface area (TPSA) is 71.1 Å². The van der Waals surface area contributed by atoms with Gasteiger partial charge in [0, 0.05) is 32.7 Å². The molecule has 126 valence electrons. The minimum Gasteiger partial charge on any atom is -0.493 e. The Bertz CT molecular complexity index is 542. The van der Waals surface area contributed by atoms with Crippen molar-refractivity contribution in [2.75, 3.05) is 46.9 Å². The maximum Gasteiger partial charge on any atom is 0.234 e. The number of hydrogen-bond donors (Lipinski definition) is 1. The van der Waals surface area contributed by atoms with Crippen LogP contribution in [0.15, 0.2) is 18.2 Å². The van der Waals surface area contributed by atoms with Crippen molar-refractivity contribution in [1.29, 1.82) is 0 Å². The quantitative estimate of drug-likeness (QED) is 0.721. The Balaban J connectivity index is 1.79. The maximum absolute atomic E-state index is 12.0. The van der Waals surface area contributed by atoms with E-state index < -0.39 is 0 Å². The molecule has 7 heteroatoms. The monoisotopic (exact) mass is 321 g/mol. The van der Waals surface area contributed by atoms with Crippen LogP contribution in [-0.4, -0.2) is 69.1 Å². The lowest BCUT2D eigenvalue weighted by Gasteiger charge is -2.31. The van der Waals surface area contributed by atoms with E-state index in [1.807, 2.05) is 23.1 Å². The Morgan fingerprint density at radius 2 is 1.87 bits per heavy atom. The molecule has 0 saturated carbocycles. The number of hydrogen-bond acceptors (Lipinski definition) is 5. The van der Waals surface area contributed by atoms with Crippen molar-refractivity contribution in [3.63, 3.8) is 0 Å². The molecule has 1 saturated heterocycles. The number of piperazine rings is 1. The Kier molecular flexibility index (Phi) is 6.22. The van der Waals surface area contributed by atoms with Crippen molar-refractivity contribution in [3.05, 3.63) is 23.8 Å². The zero-order chi connectivity index (χ0) is 16.7.